The molecule has 4 N–H and O–H groups in total. The van der Waals surface area contributed by atoms with Crippen molar-refractivity contribution in [2.45, 2.75) is 6.92 Å². The molecule has 1 aromatic carbocycles. The molecule has 0 atom stereocenters. The van der Waals surface area contributed by atoms with Gasteiger partial charge in [0, 0.05) is 0 Å². The highest BCUT2D eigenvalue weighted by Gasteiger charge is 2.01. The molecular formula is C8H10ClN3O. The van der Waals surface area contributed by atoms with Crippen LogP contribution in [-0.4, -0.2) is 11.2 Å². The SMILES string of the molecule is Cc1cccc(Cl)c1N=C(N)NO. The summed E-state index contributed by atoms with van der Waals surface area (Å²) in [5.41, 5.74) is 8.46. The molecule has 0 aliphatic carbocycles. The molecule has 0 aromatic heterocycles. The maximum Gasteiger partial charge on any atom is 0.218 e. The molecular weight excluding hydrogens is 190 g/mol. The first kappa shape index (κ1) is 9.83. The number of rotatable bonds is 1. The topological polar surface area (TPSA) is 70.6 Å². The van der Waals surface area contributed by atoms with Crippen LogP contribution in [0.3, 0.4) is 0 Å². The van der Waals surface area contributed by atoms with E-state index in [-0.39, 0.29) is 5.96 Å². The van der Waals surface area contributed by atoms with E-state index in [9.17, 15) is 0 Å². The van der Waals surface area contributed by atoms with E-state index < -0.39 is 0 Å². The zero-order chi connectivity index (χ0) is 9.84. The van der Waals surface area contributed by atoms with Crippen LogP contribution in [0, 0.1) is 6.92 Å². The summed E-state index contributed by atoms with van der Waals surface area (Å²) in [4.78, 5) is 3.88. The van der Waals surface area contributed by atoms with Crippen LogP contribution in [0.15, 0.2) is 23.2 Å². The molecule has 0 amide bonds. The van der Waals surface area contributed by atoms with Gasteiger partial charge in [-0.05, 0) is 18.6 Å². The molecule has 1 rings (SSSR count). The number of aryl methyl sites for hydroxylation is 1. The number of hydroxylamine groups is 1. The first-order valence-corrected chi connectivity index (χ1v) is 4.02. The van der Waals surface area contributed by atoms with Gasteiger partial charge in [0.05, 0.1) is 10.7 Å². The van der Waals surface area contributed by atoms with Crippen LogP contribution >= 0.6 is 11.6 Å². The Hall–Kier alpha value is -1.26. The number of nitrogens with zero attached hydrogens (tertiary/aromatic N) is 1. The van der Waals surface area contributed by atoms with Gasteiger partial charge in [-0.1, -0.05) is 23.7 Å². The molecule has 5 heteroatoms. The number of hydrogen-bond acceptors (Lipinski definition) is 2. The van der Waals surface area contributed by atoms with Gasteiger partial charge in [0.15, 0.2) is 0 Å². The van der Waals surface area contributed by atoms with E-state index in [1.54, 1.807) is 11.5 Å². The minimum absolute atomic E-state index is 0.0869. The molecule has 0 radical (unpaired) electrons. The normalized spacial score (nSPS) is 11.5. The van der Waals surface area contributed by atoms with Gasteiger partial charge < -0.3 is 5.73 Å². The van der Waals surface area contributed by atoms with Crippen LogP contribution in [0.1, 0.15) is 5.56 Å². The molecule has 0 saturated heterocycles. The number of hydrogen-bond donors (Lipinski definition) is 3. The van der Waals surface area contributed by atoms with Crippen molar-refractivity contribution >= 4 is 23.2 Å². The number of aliphatic imine (C=N–C) groups is 1. The van der Waals surface area contributed by atoms with Crippen LogP contribution in [0.4, 0.5) is 5.69 Å². The third-order valence-electron chi connectivity index (χ3n) is 1.54. The largest absolute Gasteiger partial charge is 0.368 e. The fourth-order valence-corrected chi connectivity index (χ4v) is 1.17. The van der Waals surface area contributed by atoms with Gasteiger partial charge in [-0.3, -0.25) is 5.21 Å². The van der Waals surface area contributed by atoms with E-state index in [4.69, 9.17) is 22.5 Å². The third-order valence-corrected chi connectivity index (χ3v) is 1.84. The Morgan fingerprint density at radius 3 is 2.85 bits per heavy atom. The van der Waals surface area contributed by atoms with Gasteiger partial charge >= 0.3 is 0 Å². The number of para-hydroxylation sites is 1. The maximum atomic E-state index is 8.43. The minimum atomic E-state index is -0.0869. The molecule has 13 heavy (non-hydrogen) atoms. The summed E-state index contributed by atoms with van der Waals surface area (Å²) < 4.78 is 0. The van der Waals surface area contributed by atoms with Gasteiger partial charge in [0.25, 0.3) is 0 Å². The Labute approximate surface area is 81.0 Å². The van der Waals surface area contributed by atoms with Crippen LogP contribution in [0.25, 0.3) is 0 Å². The van der Waals surface area contributed by atoms with Crippen LogP contribution in [0.2, 0.25) is 5.02 Å². The van der Waals surface area contributed by atoms with Gasteiger partial charge in [-0.2, -0.15) is 0 Å². The summed E-state index contributed by atoms with van der Waals surface area (Å²) in [6.07, 6.45) is 0. The van der Waals surface area contributed by atoms with Gasteiger partial charge in [-0.25, -0.2) is 10.5 Å². The monoisotopic (exact) mass is 199 g/mol. The van der Waals surface area contributed by atoms with Crippen molar-refractivity contribution in [3.05, 3.63) is 28.8 Å². The lowest BCUT2D eigenvalue weighted by molar-refractivity contribution is 0.233. The van der Waals surface area contributed by atoms with E-state index in [1.807, 2.05) is 19.1 Å². The molecule has 0 unspecified atom stereocenters. The Kier molecular flexibility index (Phi) is 3.11. The van der Waals surface area contributed by atoms with Crippen molar-refractivity contribution in [3.63, 3.8) is 0 Å². The molecule has 0 heterocycles. The summed E-state index contributed by atoms with van der Waals surface area (Å²) in [6, 6.07) is 5.38. The quantitative estimate of drug-likeness (QED) is 0.365. The van der Waals surface area contributed by atoms with Crippen molar-refractivity contribution in [2.24, 2.45) is 10.7 Å². The summed E-state index contributed by atoms with van der Waals surface area (Å²) >= 11 is 5.86. The highest BCUT2D eigenvalue weighted by Crippen LogP contribution is 2.27. The van der Waals surface area contributed by atoms with Crippen molar-refractivity contribution in [1.29, 1.82) is 0 Å². The zero-order valence-electron chi connectivity index (χ0n) is 7.08. The van der Waals surface area contributed by atoms with E-state index in [0.717, 1.165) is 5.56 Å². The lowest BCUT2D eigenvalue weighted by Gasteiger charge is -2.03. The average Bonchev–Trinajstić information content (AvgIpc) is 2.11. The highest BCUT2D eigenvalue weighted by atomic mass is 35.5. The fraction of sp³-hybridized carbons (Fsp3) is 0.125. The number of halogens is 1. The summed E-state index contributed by atoms with van der Waals surface area (Å²) in [7, 11) is 0. The molecule has 0 aliphatic heterocycles. The summed E-state index contributed by atoms with van der Waals surface area (Å²) in [5.74, 6) is -0.0869. The lowest BCUT2D eigenvalue weighted by atomic mass is 10.2. The predicted octanol–water partition coefficient (Wildman–Crippen LogP) is 1.57. The highest BCUT2D eigenvalue weighted by molar-refractivity contribution is 6.33. The number of benzene rings is 1. The number of nitrogens with two attached hydrogens (primary N) is 1. The van der Waals surface area contributed by atoms with E-state index in [2.05, 4.69) is 4.99 Å². The maximum absolute atomic E-state index is 8.43. The van der Waals surface area contributed by atoms with Crippen molar-refractivity contribution < 1.29 is 5.21 Å². The second kappa shape index (κ2) is 4.11. The third kappa shape index (κ3) is 2.34. The van der Waals surface area contributed by atoms with Crippen molar-refractivity contribution in [2.75, 3.05) is 0 Å². The average molecular weight is 200 g/mol. The second-order valence-corrected chi connectivity index (χ2v) is 2.92. The Balaban J connectivity index is 3.14. The first-order valence-electron chi connectivity index (χ1n) is 3.64. The second-order valence-electron chi connectivity index (χ2n) is 2.51. The molecule has 0 bridgehead atoms. The first-order chi connectivity index (χ1) is 6.15. The van der Waals surface area contributed by atoms with Crippen molar-refractivity contribution in [3.8, 4) is 0 Å². The summed E-state index contributed by atoms with van der Waals surface area (Å²) in [5, 5.41) is 8.93. The number of guanidine groups is 1. The van der Waals surface area contributed by atoms with E-state index in [1.165, 1.54) is 0 Å². The molecule has 0 aliphatic rings. The minimum Gasteiger partial charge on any atom is -0.368 e. The Morgan fingerprint density at radius 2 is 2.31 bits per heavy atom. The van der Waals surface area contributed by atoms with Crippen molar-refractivity contribution in [1.82, 2.24) is 5.48 Å². The van der Waals surface area contributed by atoms with Gasteiger partial charge in [-0.15, -0.1) is 0 Å². The van der Waals surface area contributed by atoms with Crippen LogP contribution in [0.5, 0.6) is 0 Å². The molecule has 0 saturated carbocycles. The van der Waals surface area contributed by atoms with E-state index in [0.29, 0.717) is 10.7 Å². The molecule has 1 aromatic rings. The lowest BCUT2D eigenvalue weighted by Crippen LogP contribution is -2.27. The van der Waals surface area contributed by atoms with E-state index >= 15 is 0 Å². The van der Waals surface area contributed by atoms with Gasteiger partial charge in [0.2, 0.25) is 5.96 Å². The van der Waals surface area contributed by atoms with Crippen LogP contribution < -0.4 is 11.2 Å². The molecule has 0 spiro atoms. The predicted molar refractivity (Wildman–Crippen MR) is 52.4 cm³/mol. The number of nitrogens with one attached hydrogen (secondary N) is 1. The summed E-state index contributed by atoms with van der Waals surface area (Å²) in [6.45, 7) is 1.86. The standard InChI is InChI=1S/C8H10ClN3O/c1-5-3-2-4-6(9)7(5)11-8(10)12-13/h2-4,13H,1H3,(H3,10,11,12). The zero-order valence-corrected chi connectivity index (χ0v) is 7.84. The fourth-order valence-electron chi connectivity index (χ4n) is 0.910. The smallest absolute Gasteiger partial charge is 0.218 e. The molecule has 0 fully saturated rings. The van der Waals surface area contributed by atoms with Gasteiger partial charge in [0.1, 0.15) is 0 Å². The molecule has 70 valence electrons. The Morgan fingerprint density at radius 1 is 1.62 bits per heavy atom. The molecule has 4 nitrogen and oxygen atoms in total. The van der Waals surface area contributed by atoms with Crippen LogP contribution in [-0.2, 0) is 0 Å². The Bertz CT molecular complexity index is 318.